The standard InChI is InChI=1S/C17H15BrN4O2S2/c1-24-14-9-5-4-8-13(14)20-16-21-22-17(26-16)25-10-15(23)19-12-7-3-2-6-11(12)18/h2-9H,10H2,1H3,(H,19,23)(H,20,21). The van der Waals surface area contributed by atoms with Crippen LogP contribution in [0.2, 0.25) is 0 Å². The van der Waals surface area contributed by atoms with Gasteiger partial charge in [0.15, 0.2) is 4.34 Å². The molecule has 0 atom stereocenters. The molecule has 2 aromatic carbocycles. The second kappa shape index (κ2) is 9.02. The van der Waals surface area contributed by atoms with E-state index in [9.17, 15) is 4.79 Å². The fourth-order valence-corrected chi connectivity index (χ4v) is 4.01. The van der Waals surface area contributed by atoms with Gasteiger partial charge in [-0.15, -0.1) is 10.2 Å². The van der Waals surface area contributed by atoms with E-state index < -0.39 is 0 Å². The first-order valence-corrected chi connectivity index (χ1v) is 10.2. The minimum Gasteiger partial charge on any atom is -0.495 e. The average Bonchev–Trinajstić information content (AvgIpc) is 3.10. The van der Waals surface area contributed by atoms with Crippen LogP contribution >= 0.6 is 39.0 Å². The number of para-hydroxylation sites is 3. The van der Waals surface area contributed by atoms with Crippen molar-refractivity contribution in [1.29, 1.82) is 0 Å². The quantitative estimate of drug-likeness (QED) is 0.504. The summed E-state index contributed by atoms with van der Waals surface area (Å²) in [7, 11) is 1.62. The van der Waals surface area contributed by atoms with Crippen LogP contribution in [0.5, 0.6) is 5.75 Å². The summed E-state index contributed by atoms with van der Waals surface area (Å²) >= 11 is 6.13. The first-order chi connectivity index (χ1) is 12.7. The van der Waals surface area contributed by atoms with Crippen LogP contribution in [0.1, 0.15) is 0 Å². The number of nitrogens with one attached hydrogen (secondary N) is 2. The van der Waals surface area contributed by atoms with E-state index in [0.29, 0.717) is 9.47 Å². The van der Waals surface area contributed by atoms with E-state index in [0.717, 1.165) is 21.6 Å². The molecule has 6 nitrogen and oxygen atoms in total. The highest BCUT2D eigenvalue weighted by Crippen LogP contribution is 2.31. The number of amides is 1. The Morgan fingerprint density at radius 1 is 1.15 bits per heavy atom. The van der Waals surface area contributed by atoms with Gasteiger partial charge in [0.25, 0.3) is 0 Å². The lowest BCUT2D eigenvalue weighted by Crippen LogP contribution is -2.14. The third-order valence-electron chi connectivity index (χ3n) is 3.23. The van der Waals surface area contributed by atoms with Crippen LogP contribution < -0.4 is 15.4 Å². The second-order valence-electron chi connectivity index (χ2n) is 5.02. The van der Waals surface area contributed by atoms with Crippen molar-refractivity contribution < 1.29 is 9.53 Å². The van der Waals surface area contributed by atoms with Gasteiger partial charge in [0, 0.05) is 4.47 Å². The Balaban J connectivity index is 1.55. The number of methoxy groups -OCH3 is 1. The summed E-state index contributed by atoms with van der Waals surface area (Å²) in [5.74, 6) is 0.881. The minimum atomic E-state index is -0.101. The third kappa shape index (κ3) is 4.96. The van der Waals surface area contributed by atoms with Crippen LogP contribution in [0.15, 0.2) is 57.3 Å². The molecule has 3 aromatic rings. The van der Waals surface area contributed by atoms with Gasteiger partial charge < -0.3 is 15.4 Å². The van der Waals surface area contributed by atoms with Gasteiger partial charge in [-0.2, -0.15) is 0 Å². The van der Waals surface area contributed by atoms with E-state index in [4.69, 9.17) is 4.74 Å². The minimum absolute atomic E-state index is 0.101. The Morgan fingerprint density at radius 2 is 1.88 bits per heavy atom. The van der Waals surface area contributed by atoms with Crippen LogP contribution in [0.4, 0.5) is 16.5 Å². The second-order valence-corrected chi connectivity index (χ2v) is 8.07. The van der Waals surface area contributed by atoms with Gasteiger partial charge in [-0.25, -0.2) is 0 Å². The van der Waals surface area contributed by atoms with Crippen molar-refractivity contribution in [3.8, 4) is 5.75 Å². The summed E-state index contributed by atoms with van der Waals surface area (Å²) in [6.07, 6.45) is 0. The lowest BCUT2D eigenvalue weighted by Gasteiger charge is -2.07. The monoisotopic (exact) mass is 450 g/mol. The Kier molecular flexibility index (Phi) is 6.48. The number of halogens is 1. The predicted molar refractivity (Wildman–Crippen MR) is 110 cm³/mol. The van der Waals surface area contributed by atoms with Crippen molar-refractivity contribution in [1.82, 2.24) is 10.2 Å². The molecule has 1 heterocycles. The molecule has 2 N–H and O–H groups in total. The van der Waals surface area contributed by atoms with Crippen molar-refractivity contribution in [3.05, 3.63) is 53.0 Å². The molecule has 0 aliphatic carbocycles. The maximum atomic E-state index is 12.1. The molecular weight excluding hydrogens is 436 g/mol. The predicted octanol–water partition coefficient (Wildman–Crippen LogP) is 4.78. The number of thioether (sulfide) groups is 1. The largest absolute Gasteiger partial charge is 0.495 e. The van der Waals surface area contributed by atoms with Gasteiger partial charge in [-0.3, -0.25) is 4.79 Å². The average molecular weight is 451 g/mol. The van der Waals surface area contributed by atoms with Crippen LogP contribution in [-0.2, 0) is 4.79 Å². The normalized spacial score (nSPS) is 10.4. The fraction of sp³-hybridized carbons (Fsp3) is 0.118. The van der Waals surface area contributed by atoms with Crippen LogP contribution in [0.3, 0.4) is 0 Å². The molecule has 0 saturated carbocycles. The number of carbonyl (C=O) groups is 1. The zero-order valence-electron chi connectivity index (χ0n) is 13.7. The molecule has 0 fully saturated rings. The summed E-state index contributed by atoms with van der Waals surface area (Å²) in [6.45, 7) is 0. The molecule has 0 aliphatic heterocycles. The molecule has 1 aromatic heterocycles. The van der Waals surface area contributed by atoms with Gasteiger partial charge in [-0.1, -0.05) is 47.4 Å². The summed E-state index contributed by atoms with van der Waals surface area (Å²) < 4.78 is 6.86. The lowest BCUT2D eigenvalue weighted by molar-refractivity contribution is -0.113. The number of benzene rings is 2. The Morgan fingerprint density at radius 3 is 2.65 bits per heavy atom. The van der Waals surface area contributed by atoms with E-state index in [-0.39, 0.29) is 11.7 Å². The molecule has 26 heavy (non-hydrogen) atoms. The first-order valence-electron chi connectivity index (χ1n) is 7.56. The van der Waals surface area contributed by atoms with Crippen molar-refractivity contribution in [3.63, 3.8) is 0 Å². The number of rotatable bonds is 7. The molecule has 0 spiro atoms. The molecule has 0 unspecified atom stereocenters. The lowest BCUT2D eigenvalue weighted by atomic mass is 10.3. The Bertz CT molecular complexity index is 904. The Hall–Kier alpha value is -2.10. The summed E-state index contributed by atoms with van der Waals surface area (Å²) in [5, 5.41) is 14.9. The number of carbonyl (C=O) groups excluding carboxylic acids is 1. The third-order valence-corrected chi connectivity index (χ3v) is 5.89. The highest BCUT2D eigenvalue weighted by atomic mass is 79.9. The van der Waals surface area contributed by atoms with Crippen LogP contribution in [0, 0.1) is 0 Å². The van der Waals surface area contributed by atoms with Crippen molar-refractivity contribution in [2.45, 2.75) is 4.34 Å². The highest BCUT2D eigenvalue weighted by Gasteiger charge is 2.11. The summed E-state index contributed by atoms with van der Waals surface area (Å²) in [6, 6.07) is 15.1. The van der Waals surface area contributed by atoms with E-state index in [1.165, 1.54) is 23.1 Å². The molecule has 0 aliphatic rings. The van der Waals surface area contributed by atoms with Gasteiger partial charge in [-0.05, 0) is 40.2 Å². The van der Waals surface area contributed by atoms with E-state index in [1.807, 2.05) is 48.5 Å². The zero-order valence-corrected chi connectivity index (χ0v) is 17.0. The van der Waals surface area contributed by atoms with Crippen molar-refractivity contribution >= 4 is 61.4 Å². The molecular formula is C17H15BrN4O2S2. The molecule has 9 heteroatoms. The van der Waals surface area contributed by atoms with Gasteiger partial charge in [0.2, 0.25) is 11.0 Å². The fourth-order valence-electron chi connectivity index (χ4n) is 2.06. The molecule has 134 valence electrons. The number of nitrogens with zero attached hydrogens (tertiary/aromatic N) is 2. The zero-order chi connectivity index (χ0) is 18.4. The number of ether oxygens (including phenoxy) is 1. The van der Waals surface area contributed by atoms with Crippen LogP contribution in [-0.4, -0.2) is 29.0 Å². The van der Waals surface area contributed by atoms with Gasteiger partial charge in [0.05, 0.1) is 24.2 Å². The van der Waals surface area contributed by atoms with Crippen molar-refractivity contribution in [2.24, 2.45) is 0 Å². The number of hydrogen-bond donors (Lipinski definition) is 2. The SMILES string of the molecule is COc1ccccc1Nc1nnc(SCC(=O)Nc2ccccc2Br)s1. The molecule has 0 radical (unpaired) electrons. The van der Waals surface area contributed by atoms with Gasteiger partial charge >= 0.3 is 0 Å². The maximum absolute atomic E-state index is 12.1. The van der Waals surface area contributed by atoms with Crippen molar-refractivity contribution in [2.75, 3.05) is 23.5 Å². The summed E-state index contributed by atoms with van der Waals surface area (Å²) in [4.78, 5) is 12.1. The first kappa shape index (κ1) is 18.7. The van der Waals surface area contributed by atoms with E-state index in [1.54, 1.807) is 7.11 Å². The highest BCUT2D eigenvalue weighted by molar-refractivity contribution is 9.10. The number of aromatic nitrogens is 2. The smallest absolute Gasteiger partial charge is 0.234 e. The molecule has 1 amide bonds. The molecule has 3 rings (SSSR count). The summed E-state index contributed by atoms with van der Waals surface area (Å²) in [5.41, 5.74) is 1.56. The maximum Gasteiger partial charge on any atom is 0.234 e. The molecule has 0 bridgehead atoms. The number of anilines is 3. The van der Waals surface area contributed by atoms with Gasteiger partial charge in [0.1, 0.15) is 5.75 Å². The number of hydrogen-bond acceptors (Lipinski definition) is 7. The Labute approximate surface area is 167 Å². The van der Waals surface area contributed by atoms with Crippen LogP contribution in [0.25, 0.3) is 0 Å². The molecule has 0 saturated heterocycles. The van der Waals surface area contributed by atoms with E-state index >= 15 is 0 Å². The van der Waals surface area contributed by atoms with E-state index in [2.05, 4.69) is 36.8 Å². The topological polar surface area (TPSA) is 76.1 Å².